The van der Waals surface area contributed by atoms with Gasteiger partial charge < -0.3 is 19.7 Å². The number of carbonyl (C=O) groups excluding carboxylic acids is 1. The summed E-state index contributed by atoms with van der Waals surface area (Å²) in [6, 6.07) is 0.498. The first-order chi connectivity index (χ1) is 10.9. The molecule has 0 aromatic carbocycles. The van der Waals surface area contributed by atoms with Crippen LogP contribution in [0.1, 0.15) is 65.7 Å². The van der Waals surface area contributed by atoms with Crippen molar-refractivity contribution < 1.29 is 14.3 Å². The van der Waals surface area contributed by atoms with Gasteiger partial charge in [0.25, 0.3) is 0 Å². The van der Waals surface area contributed by atoms with Crippen molar-refractivity contribution in [3.63, 3.8) is 0 Å². The molecule has 2 unspecified atom stereocenters. The van der Waals surface area contributed by atoms with Gasteiger partial charge in [-0.2, -0.15) is 0 Å². The number of likely N-dealkylation sites (tertiary alicyclic amines) is 1. The number of carbonyl (C=O) groups is 1. The number of hydrogen-bond acceptors (Lipinski definition) is 4. The van der Waals surface area contributed by atoms with Crippen molar-refractivity contribution in [3.05, 3.63) is 0 Å². The maximum Gasteiger partial charge on any atom is 0.410 e. The number of amides is 1. The molecule has 0 aromatic heterocycles. The second kappa shape index (κ2) is 6.60. The molecule has 5 nitrogen and oxygen atoms in total. The molecule has 1 saturated carbocycles. The highest BCUT2D eigenvalue weighted by atomic mass is 16.6. The Morgan fingerprint density at radius 3 is 2.65 bits per heavy atom. The minimum absolute atomic E-state index is 0.0365. The van der Waals surface area contributed by atoms with E-state index in [1.807, 2.05) is 25.7 Å². The maximum atomic E-state index is 12.6. The Hall–Kier alpha value is -0.810. The van der Waals surface area contributed by atoms with E-state index in [9.17, 15) is 4.79 Å². The van der Waals surface area contributed by atoms with Gasteiger partial charge in [-0.1, -0.05) is 0 Å². The van der Waals surface area contributed by atoms with Crippen LogP contribution < -0.4 is 5.32 Å². The van der Waals surface area contributed by atoms with Gasteiger partial charge in [0.15, 0.2) is 0 Å². The molecule has 132 valence electrons. The zero-order valence-electron chi connectivity index (χ0n) is 14.9. The van der Waals surface area contributed by atoms with Gasteiger partial charge in [-0.25, -0.2) is 4.79 Å². The number of nitrogens with one attached hydrogen (secondary N) is 1. The van der Waals surface area contributed by atoms with Crippen LogP contribution in [0.25, 0.3) is 0 Å². The normalized spacial score (nSPS) is 30.3. The standard InChI is InChI=1S/C18H32N2O3/c1-17(2,3)23-16(21)20-10-7-14(12-18(20)8-5-9-18)19-13-15-6-4-11-22-15/h14-15,19H,4-13H2,1-3H3. The van der Waals surface area contributed by atoms with Gasteiger partial charge in [-0.3, -0.25) is 0 Å². The van der Waals surface area contributed by atoms with E-state index in [2.05, 4.69) is 5.32 Å². The highest BCUT2D eigenvalue weighted by Gasteiger charge is 2.49. The quantitative estimate of drug-likeness (QED) is 0.867. The van der Waals surface area contributed by atoms with Crippen LogP contribution >= 0.6 is 0 Å². The van der Waals surface area contributed by atoms with E-state index in [-0.39, 0.29) is 11.6 Å². The van der Waals surface area contributed by atoms with Crippen molar-refractivity contribution in [2.75, 3.05) is 19.7 Å². The van der Waals surface area contributed by atoms with E-state index in [0.29, 0.717) is 12.1 Å². The fraction of sp³-hybridized carbons (Fsp3) is 0.944. The molecule has 0 radical (unpaired) electrons. The fourth-order valence-corrected chi connectivity index (χ4v) is 4.13. The van der Waals surface area contributed by atoms with Gasteiger partial charge in [0.05, 0.1) is 6.10 Å². The Balaban J connectivity index is 1.55. The monoisotopic (exact) mass is 324 g/mol. The molecule has 0 aromatic rings. The van der Waals surface area contributed by atoms with Crippen LogP contribution in [0.4, 0.5) is 4.79 Å². The maximum absolute atomic E-state index is 12.6. The lowest BCUT2D eigenvalue weighted by molar-refractivity contribution is -0.0501. The molecular formula is C18H32N2O3. The molecule has 2 atom stereocenters. The molecule has 2 heterocycles. The summed E-state index contributed by atoms with van der Waals surface area (Å²) in [6.07, 6.45) is 8.13. The smallest absolute Gasteiger partial charge is 0.410 e. The topological polar surface area (TPSA) is 50.8 Å². The van der Waals surface area contributed by atoms with Gasteiger partial charge in [0.1, 0.15) is 5.60 Å². The minimum Gasteiger partial charge on any atom is -0.444 e. The van der Waals surface area contributed by atoms with Crippen molar-refractivity contribution in [1.29, 1.82) is 0 Å². The van der Waals surface area contributed by atoms with E-state index in [1.54, 1.807) is 0 Å². The zero-order valence-corrected chi connectivity index (χ0v) is 14.9. The Labute approximate surface area is 140 Å². The number of nitrogens with zero attached hydrogens (tertiary/aromatic N) is 1. The Morgan fingerprint density at radius 1 is 1.30 bits per heavy atom. The summed E-state index contributed by atoms with van der Waals surface area (Å²) in [5.41, 5.74) is -0.383. The van der Waals surface area contributed by atoms with E-state index >= 15 is 0 Å². The van der Waals surface area contributed by atoms with Gasteiger partial charge in [0.2, 0.25) is 0 Å². The van der Waals surface area contributed by atoms with E-state index < -0.39 is 5.60 Å². The van der Waals surface area contributed by atoms with Crippen molar-refractivity contribution in [3.8, 4) is 0 Å². The second-order valence-electron chi connectivity index (χ2n) is 8.44. The van der Waals surface area contributed by atoms with Gasteiger partial charge in [0, 0.05) is 31.3 Å². The number of piperidine rings is 1. The minimum atomic E-state index is -0.420. The van der Waals surface area contributed by atoms with Crippen LogP contribution in [-0.2, 0) is 9.47 Å². The molecule has 3 aliphatic rings. The summed E-state index contributed by atoms with van der Waals surface area (Å²) in [4.78, 5) is 14.6. The Bertz CT molecular complexity index is 422. The molecule has 3 rings (SSSR count). The lowest BCUT2D eigenvalue weighted by atomic mass is 9.69. The van der Waals surface area contributed by atoms with Crippen LogP contribution in [0.3, 0.4) is 0 Å². The molecular weight excluding hydrogens is 292 g/mol. The Morgan fingerprint density at radius 2 is 2.09 bits per heavy atom. The third-order valence-electron chi connectivity index (χ3n) is 5.46. The van der Waals surface area contributed by atoms with E-state index in [0.717, 1.165) is 45.4 Å². The summed E-state index contributed by atoms with van der Waals surface area (Å²) < 4.78 is 11.3. The third-order valence-corrected chi connectivity index (χ3v) is 5.46. The third kappa shape index (κ3) is 4.00. The van der Waals surface area contributed by atoms with Gasteiger partial charge in [-0.15, -0.1) is 0 Å². The summed E-state index contributed by atoms with van der Waals surface area (Å²) in [5.74, 6) is 0. The fourth-order valence-electron chi connectivity index (χ4n) is 4.13. The predicted octanol–water partition coefficient (Wildman–Crippen LogP) is 3.08. The molecule has 0 bridgehead atoms. The lowest BCUT2D eigenvalue weighted by Crippen LogP contribution is -2.63. The molecule has 23 heavy (non-hydrogen) atoms. The molecule has 5 heteroatoms. The van der Waals surface area contributed by atoms with Crippen LogP contribution in [-0.4, -0.2) is 54.0 Å². The average Bonchev–Trinajstić information content (AvgIpc) is 2.94. The molecule has 2 aliphatic heterocycles. The van der Waals surface area contributed by atoms with Crippen LogP contribution in [0.2, 0.25) is 0 Å². The highest BCUT2D eigenvalue weighted by molar-refractivity contribution is 5.69. The van der Waals surface area contributed by atoms with Crippen molar-refractivity contribution >= 4 is 6.09 Å². The van der Waals surface area contributed by atoms with Crippen LogP contribution in [0.15, 0.2) is 0 Å². The molecule has 1 amide bonds. The molecule has 1 aliphatic carbocycles. The molecule has 3 fully saturated rings. The van der Waals surface area contributed by atoms with E-state index in [4.69, 9.17) is 9.47 Å². The number of hydrogen-bond donors (Lipinski definition) is 1. The van der Waals surface area contributed by atoms with Crippen molar-refractivity contribution in [1.82, 2.24) is 10.2 Å². The first-order valence-electron chi connectivity index (χ1n) is 9.24. The van der Waals surface area contributed by atoms with Crippen molar-refractivity contribution in [2.45, 2.75) is 89.0 Å². The van der Waals surface area contributed by atoms with Crippen LogP contribution in [0.5, 0.6) is 0 Å². The lowest BCUT2D eigenvalue weighted by Gasteiger charge is -2.55. The molecule has 1 spiro atoms. The largest absolute Gasteiger partial charge is 0.444 e. The van der Waals surface area contributed by atoms with Crippen molar-refractivity contribution in [2.24, 2.45) is 0 Å². The second-order valence-corrected chi connectivity index (χ2v) is 8.44. The predicted molar refractivity (Wildman–Crippen MR) is 89.5 cm³/mol. The SMILES string of the molecule is CC(C)(C)OC(=O)N1CCC(NCC2CCCO2)CC12CCC2. The van der Waals surface area contributed by atoms with E-state index in [1.165, 1.54) is 19.3 Å². The summed E-state index contributed by atoms with van der Waals surface area (Å²) >= 11 is 0. The molecule has 1 N–H and O–H groups in total. The van der Waals surface area contributed by atoms with Gasteiger partial charge >= 0.3 is 6.09 Å². The summed E-state index contributed by atoms with van der Waals surface area (Å²) in [5, 5.41) is 3.69. The Kier molecular flexibility index (Phi) is 4.88. The average molecular weight is 324 g/mol. The number of rotatable bonds is 3. The van der Waals surface area contributed by atoms with Crippen LogP contribution in [0, 0.1) is 0 Å². The molecule has 2 saturated heterocycles. The zero-order chi connectivity index (χ0) is 16.5. The first-order valence-corrected chi connectivity index (χ1v) is 9.24. The highest BCUT2D eigenvalue weighted by Crippen LogP contribution is 2.45. The summed E-state index contributed by atoms with van der Waals surface area (Å²) in [6.45, 7) is 8.48. The first kappa shape index (κ1) is 17.0. The van der Waals surface area contributed by atoms with Gasteiger partial charge in [-0.05, 0) is 65.7 Å². The summed E-state index contributed by atoms with van der Waals surface area (Å²) in [7, 11) is 0. The number of ether oxygens (including phenoxy) is 2.